The Morgan fingerprint density at radius 2 is 1.70 bits per heavy atom. The number of nitrogens with zero attached hydrogens (tertiary/aromatic N) is 1. The monoisotopic (exact) mass is 282 g/mol. The first-order valence-corrected chi connectivity index (χ1v) is 8.39. The van der Waals surface area contributed by atoms with Crippen LogP contribution in [0.2, 0.25) is 0 Å². The molecule has 1 amide bonds. The van der Waals surface area contributed by atoms with E-state index in [1.807, 2.05) is 0 Å². The van der Waals surface area contributed by atoms with Crippen LogP contribution in [-0.2, 0) is 4.79 Å². The number of amides is 1. The van der Waals surface area contributed by atoms with Gasteiger partial charge in [-0.1, -0.05) is 54.4 Å². The van der Waals surface area contributed by atoms with Crippen LogP contribution >= 0.6 is 0 Å². The summed E-state index contributed by atoms with van der Waals surface area (Å²) in [5.74, 6) is 2.06. The fourth-order valence-electron chi connectivity index (χ4n) is 2.92. The second-order valence-electron chi connectivity index (χ2n) is 7.45. The summed E-state index contributed by atoms with van der Waals surface area (Å²) in [7, 11) is 0. The first-order chi connectivity index (χ1) is 9.32. The second kappa shape index (κ2) is 8.02. The Kier molecular flexibility index (Phi) is 7.01. The molecule has 0 aromatic carbocycles. The van der Waals surface area contributed by atoms with Crippen LogP contribution in [0.15, 0.2) is 0 Å². The molecule has 0 saturated carbocycles. The third-order valence-electron chi connectivity index (χ3n) is 4.09. The lowest BCUT2D eigenvalue weighted by molar-refractivity contribution is -0.130. The van der Waals surface area contributed by atoms with Gasteiger partial charge in [0.05, 0.1) is 12.2 Å². The maximum atomic E-state index is 12.5. The molecule has 1 aliphatic heterocycles. The Balaban J connectivity index is 2.55. The molecule has 0 aromatic rings. The van der Waals surface area contributed by atoms with E-state index in [4.69, 9.17) is 0 Å². The van der Waals surface area contributed by atoms with E-state index in [-0.39, 0.29) is 12.2 Å². The maximum Gasteiger partial charge on any atom is 0.241 e. The standard InChI is InChI=1S/C17H34N2O/c1-12(2)9-7-8-10-19-15(11-13(3)4)18-16(14(5)6)17(19)20/h12-16,18H,7-11H2,1-6H3. The molecule has 1 N–H and O–H groups in total. The highest BCUT2D eigenvalue weighted by atomic mass is 16.2. The van der Waals surface area contributed by atoms with Crippen molar-refractivity contribution in [3.63, 3.8) is 0 Å². The van der Waals surface area contributed by atoms with Crippen molar-refractivity contribution in [1.82, 2.24) is 10.2 Å². The molecule has 1 aliphatic rings. The highest BCUT2D eigenvalue weighted by molar-refractivity contribution is 5.84. The van der Waals surface area contributed by atoms with E-state index < -0.39 is 0 Å². The highest BCUT2D eigenvalue weighted by Crippen LogP contribution is 2.22. The minimum Gasteiger partial charge on any atom is -0.326 e. The van der Waals surface area contributed by atoms with Crippen LogP contribution in [0.5, 0.6) is 0 Å². The lowest BCUT2D eigenvalue weighted by Crippen LogP contribution is -2.39. The number of nitrogens with one attached hydrogen (secondary N) is 1. The Labute approximate surface area is 125 Å². The van der Waals surface area contributed by atoms with Crippen molar-refractivity contribution in [3.05, 3.63) is 0 Å². The average molecular weight is 282 g/mol. The van der Waals surface area contributed by atoms with Crippen LogP contribution in [0.25, 0.3) is 0 Å². The number of hydrogen-bond acceptors (Lipinski definition) is 2. The van der Waals surface area contributed by atoms with Gasteiger partial charge in [0.2, 0.25) is 5.91 Å². The highest BCUT2D eigenvalue weighted by Gasteiger charge is 2.39. The van der Waals surface area contributed by atoms with Gasteiger partial charge in [-0.3, -0.25) is 10.1 Å². The molecule has 2 atom stereocenters. The van der Waals surface area contributed by atoms with Crippen molar-refractivity contribution in [1.29, 1.82) is 0 Å². The van der Waals surface area contributed by atoms with Crippen LogP contribution in [0, 0.1) is 17.8 Å². The molecular formula is C17H34N2O. The summed E-state index contributed by atoms with van der Waals surface area (Å²) in [5, 5.41) is 3.55. The van der Waals surface area contributed by atoms with Gasteiger partial charge in [0.1, 0.15) is 0 Å². The Bertz CT molecular complexity index is 299. The van der Waals surface area contributed by atoms with E-state index >= 15 is 0 Å². The summed E-state index contributed by atoms with van der Waals surface area (Å²) in [6.07, 6.45) is 4.92. The van der Waals surface area contributed by atoms with Crippen molar-refractivity contribution in [2.75, 3.05) is 6.54 Å². The molecule has 2 unspecified atom stereocenters. The smallest absolute Gasteiger partial charge is 0.241 e. The molecular weight excluding hydrogens is 248 g/mol. The van der Waals surface area contributed by atoms with Crippen LogP contribution in [-0.4, -0.2) is 29.6 Å². The van der Waals surface area contributed by atoms with Gasteiger partial charge in [0.15, 0.2) is 0 Å². The van der Waals surface area contributed by atoms with E-state index in [1.165, 1.54) is 12.8 Å². The van der Waals surface area contributed by atoms with Gasteiger partial charge in [-0.05, 0) is 30.6 Å². The average Bonchev–Trinajstić information content (AvgIpc) is 2.61. The van der Waals surface area contributed by atoms with Crippen molar-refractivity contribution in [2.24, 2.45) is 17.8 Å². The number of carbonyl (C=O) groups excluding carboxylic acids is 1. The zero-order chi connectivity index (χ0) is 15.3. The predicted molar refractivity (Wildman–Crippen MR) is 85.4 cm³/mol. The molecule has 3 nitrogen and oxygen atoms in total. The van der Waals surface area contributed by atoms with Crippen molar-refractivity contribution >= 4 is 5.91 Å². The summed E-state index contributed by atoms with van der Waals surface area (Å²) in [6.45, 7) is 14.2. The van der Waals surface area contributed by atoms with E-state index in [0.29, 0.717) is 17.7 Å². The van der Waals surface area contributed by atoms with Gasteiger partial charge >= 0.3 is 0 Å². The quantitative estimate of drug-likeness (QED) is 0.689. The molecule has 1 saturated heterocycles. The zero-order valence-electron chi connectivity index (χ0n) is 14.3. The summed E-state index contributed by atoms with van der Waals surface area (Å²) in [5.41, 5.74) is 0. The molecule has 0 radical (unpaired) electrons. The molecule has 1 rings (SSSR count). The molecule has 0 aromatic heterocycles. The zero-order valence-corrected chi connectivity index (χ0v) is 14.3. The minimum atomic E-state index is 0.0175. The fraction of sp³-hybridized carbons (Fsp3) is 0.941. The normalized spacial score (nSPS) is 23.6. The number of unbranched alkanes of at least 4 members (excludes halogenated alkanes) is 1. The van der Waals surface area contributed by atoms with Gasteiger partial charge in [0, 0.05) is 6.54 Å². The largest absolute Gasteiger partial charge is 0.326 e. The van der Waals surface area contributed by atoms with E-state index in [2.05, 4.69) is 51.8 Å². The van der Waals surface area contributed by atoms with Gasteiger partial charge in [-0.15, -0.1) is 0 Å². The first kappa shape index (κ1) is 17.5. The predicted octanol–water partition coefficient (Wildman–Crippen LogP) is 3.64. The van der Waals surface area contributed by atoms with Crippen molar-refractivity contribution in [3.8, 4) is 0 Å². The number of rotatable bonds is 8. The van der Waals surface area contributed by atoms with Crippen molar-refractivity contribution < 1.29 is 4.79 Å². The van der Waals surface area contributed by atoms with Crippen LogP contribution < -0.4 is 5.32 Å². The Morgan fingerprint density at radius 3 is 2.20 bits per heavy atom. The lowest BCUT2D eigenvalue weighted by Gasteiger charge is -2.25. The SMILES string of the molecule is CC(C)CCCCN1C(=O)C(C(C)C)NC1CC(C)C. The van der Waals surface area contributed by atoms with Gasteiger partial charge < -0.3 is 4.90 Å². The first-order valence-electron chi connectivity index (χ1n) is 8.39. The number of carbonyl (C=O) groups is 1. The van der Waals surface area contributed by atoms with Gasteiger partial charge in [-0.2, -0.15) is 0 Å². The van der Waals surface area contributed by atoms with Crippen LogP contribution in [0.1, 0.15) is 67.2 Å². The summed E-state index contributed by atoms with van der Waals surface area (Å²) in [4.78, 5) is 14.6. The lowest BCUT2D eigenvalue weighted by atomic mass is 10.0. The maximum absolute atomic E-state index is 12.5. The Hall–Kier alpha value is -0.570. The summed E-state index contributed by atoms with van der Waals surface area (Å²) >= 11 is 0. The van der Waals surface area contributed by atoms with E-state index in [1.54, 1.807) is 0 Å². The summed E-state index contributed by atoms with van der Waals surface area (Å²) < 4.78 is 0. The van der Waals surface area contributed by atoms with Gasteiger partial charge in [0.25, 0.3) is 0 Å². The molecule has 1 fully saturated rings. The summed E-state index contributed by atoms with van der Waals surface area (Å²) in [6, 6.07) is 0.0175. The molecule has 20 heavy (non-hydrogen) atoms. The molecule has 1 heterocycles. The minimum absolute atomic E-state index is 0.0175. The molecule has 0 spiro atoms. The fourth-order valence-corrected chi connectivity index (χ4v) is 2.92. The van der Waals surface area contributed by atoms with E-state index in [0.717, 1.165) is 25.3 Å². The molecule has 118 valence electrons. The number of hydrogen-bond donors (Lipinski definition) is 1. The molecule has 0 bridgehead atoms. The molecule has 0 aliphatic carbocycles. The van der Waals surface area contributed by atoms with Crippen LogP contribution in [0.3, 0.4) is 0 Å². The topological polar surface area (TPSA) is 32.3 Å². The van der Waals surface area contributed by atoms with Crippen molar-refractivity contribution in [2.45, 2.75) is 79.4 Å². The van der Waals surface area contributed by atoms with Crippen LogP contribution in [0.4, 0.5) is 0 Å². The van der Waals surface area contributed by atoms with Gasteiger partial charge in [-0.25, -0.2) is 0 Å². The van der Waals surface area contributed by atoms with E-state index in [9.17, 15) is 4.79 Å². The second-order valence-corrected chi connectivity index (χ2v) is 7.45. The molecule has 3 heteroatoms. The third-order valence-corrected chi connectivity index (χ3v) is 4.09. The Morgan fingerprint density at radius 1 is 1.05 bits per heavy atom. The third kappa shape index (κ3) is 5.08.